The smallest absolute Gasteiger partial charge is 0.382 e. The lowest BCUT2D eigenvalue weighted by Crippen LogP contribution is -2.26. The third-order valence-corrected chi connectivity index (χ3v) is 8.38. The Morgan fingerprint density at radius 2 is 1.91 bits per heavy atom. The molecule has 3 unspecified atom stereocenters. The zero-order valence-electron chi connectivity index (χ0n) is 21.7. The molecule has 1 aliphatic heterocycles. The van der Waals surface area contributed by atoms with Crippen molar-refractivity contribution >= 4 is 28.3 Å². The molecule has 15 heteroatoms. The van der Waals surface area contributed by atoms with E-state index >= 15 is 4.39 Å². The number of hydrogen-bond donors (Lipinski definition) is 3. The Kier molecular flexibility index (Phi) is 5.24. The topological polar surface area (TPSA) is 136 Å². The van der Waals surface area contributed by atoms with Gasteiger partial charge in [0.25, 0.3) is 5.56 Å². The minimum Gasteiger partial charge on any atom is -0.382 e. The van der Waals surface area contributed by atoms with Gasteiger partial charge in [-0.1, -0.05) is 22.9 Å². The van der Waals surface area contributed by atoms with Crippen molar-refractivity contribution < 1.29 is 17.6 Å². The SMILES string of the molecule is Nc1n[nH]c2cc(-c3nc(F)c(C4C5CC5c5cc(-c6cc(Cl)ccc6-n6cc(C(F)(F)F)nn6)cc(=O)n54)[nH]3)ccc12. The van der Waals surface area contributed by atoms with Gasteiger partial charge >= 0.3 is 6.18 Å². The van der Waals surface area contributed by atoms with E-state index in [1.165, 1.54) is 18.2 Å². The van der Waals surface area contributed by atoms with Gasteiger partial charge in [-0.3, -0.25) is 9.89 Å². The molecule has 216 valence electrons. The minimum absolute atomic E-state index is 0.000968. The Bertz CT molecular complexity index is 2160. The van der Waals surface area contributed by atoms with E-state index in [0.717, 1.165) is 22.7 Å². The highest BCUT2D eigenvalue weighted by Crippen LogP contribution is 2.61. The summed E-state index contributed by atoms with van der Waals surface area (Å²) in [5.41, 5.74) is 7.60. The average molecular weight is 608 g/mol. The van der Waals surface area contributed by atoms with Gasteiger partial charge in [0.1, 0.15) is 5.82 Å². The van der Waals surface area contributed by atoms with E-state index in [1.807, 2.05) is 0 Å². The average Bonchev–Trinajstić information content (AvgIpc) is 3.30. The summed E-state index contributed by atoms with van der Waals surface area (Å²) in [5.74, 6) is -0.0794. The number of H-pyrrole nitrogens is 2. The molecule has 1 fully saturated rings. The van der Waals surface area contributed by atoms with Crippen LogP contribution in [0.1, 0.15) is 35.5 Å². The van der Waals surface area contributed by atoms with Crippen LogP contribution in [0.5, 0.6) is 0 Å². The van der Waals surface area contributed by atoms with Crippen LogP contribution in [0.25, 0.3) is 39.1 Å². The van der Waals surface area contributed by atoms with Gasteiger partial charge in [-0.2, -0.15) is 22.7 Å². The van der Waals surface area contributed by atoms with Crippen molar-refractivity contribution in [2.45, 2.75) is 24.6 Å². The quantitative estimate of drug-likeness (QED) is 0.228. The van der Waals surface area contributed by atoms with E-state index in [-0.39, 0.29) is 23.2 Å². The summed E-state index contributed by atoms with van der Waals surface area (Å²) in [5, 5.41) is 14.8. The molecule has 2 aliphatic rings. The minimum atomic E-state index is -4.67. The zero-order valence-corrected chi connectivity index (χ0v) is 22.4. The van der Waals surface area contributed by atoms with Gasteiger partial charge < -0.3 is 15.3 Å². The van der Waals surface area contributed by atoms with E-state index in [1.54, 1.807) is 34.9 Å². The van der Waals surface area contributed by atoms with Gasteiger partial charge in [0, 0.05) is 39.2 Å². The van der Waals surface area contributed by atoms with E-state index in [2.05, 4.69) is 30.5 Å². The van der Waals surface area contributed by atoms with Crippen LogP contribution in [0.3, 0.4) is 0 Å². The van der Waals surface area contributed by atoms with Crippen molar-refractivity contribution in [3.8, 4) is 28.2 Å². The fourth-order valence-electron chi connectivity index (χ4n) is 6.11. The highest BCUT2D eigenvalue weighted by Gasteiger charge is 2.54. The number of alkyl halides is 3. The third-order valence-electron chi connectivity index (χ3n) is 8.15. The number of pyridine rings is 1. The molecule has 1 saturated carbocycles. The van der Waals surface area contributed by atoms with Gasteiger partial charge in [0.2, 0.25) is 5.95 Å². The second-order valence-electron chi connectivity index (χ2n) is 10.7. The lowest BCUT2D eigenvalue weighted by molar-refractivity contribution is -0.141. The zero-order chi connectivity index (χ0) is 29.8. The third kappa shape index (κ3) is 3.96. The first kappa shape index (κ1) is 25.7. The largest absolute Gasteiger partial charge is 0.436 e. The Morgan fingerprint density at radius 3 is 2.70 bits per heavy atom. The van der Waals surface area contributed by atoms with Crippen LogP contribution >= 0.6 is 11.6 Å². The molecule has 43 heavy (non-hydrogen) atoms. The number of halogens is 5. The Labute approximate surface area is 243 Å². The van der Waals surface area contributed by atoms with Gasteiger partial charge in [-0.05, 0) is 54.3 Å². The number of nitrogens with two attached hydrogens (primary N) is 1. The number of nitrogens with one attached hydrogen (secondary N) is 2. The number of imidazole rings is 1. The van der Waals surface area contributed by atoms with E-state index < -0.39 is 29.4 Å². The second kappa shape index (κ2) is 8.77. The van der Waals surface area contributed by atoms with Crippen LogP contribution in [0.15, 0.2) is 59.5 Å². The maximum Gasteiger partial charge on any atom is 0.436 e. The lowest BCUT2D eigenvalue weighted by Gasteiger charge is -2.18. The molecule has 0 saturated heterocycles. The maximum atomic E-state index is 15.4. The highest BCUT2D eigenvalue weighted by molar-refractivity contribution is 6.31. The molecule has 5 heterocycles. The summed E-state index contributed by atoms with van der Waals surface area (Å²) in [4.78, 5) is 20.8. The van der Waals surface area contributed by atoms with Crippen LogP contribution in [-0.2, 0) is 6.18 Å². The number of nitrogen functional groups attached to an aromatic ring is 1. The number of hydrogen-bond acceptors (Lipinski definition) is 6. The van der Waals surface area contributed by atoms with Crippen LogP contribution in [0, 0.1) is 11.9 Å². The number of fused-ring (bicyclic) bond motifs is 4. The van der Waals surface area contributed by atoms with Crippen molar-refractivity contribution in [2.24, 2.45) is 5.92 Å². The van der Waals surface area contributed by atoms with E-state index in [4.69, 9.17) is 17.3 Å². The lowest BCUT2D eigenvalue weighted by atomic mass is 10.0. The highest BCUT2D eigenvalue weighted by atomic mass is 35.5. The van der Waals surface area contributed by atoms with Crippen LogP contribution in [0.4, 0.5) is 23.4 Å². The number of nitrogens with zero attached hydrogens (tertiary/aromatic N) is 6. The first-order valence-corrected chi connectivity index (χ1v) is 13.5. The summed E-state index contributed by atoms with van der Waals surface area (Å²) < 4.78 is 57.5. The molecule has 1 aliphatic carbocycles. The number of aromatic amines is 2. The number of aromatic nitrogens is 8. The predicted octanol–water partition coefficient (Wildman–Crippen LogP) is 5.46. The molecule has 4 N–H and O–H groups in total. The normalized spacial score (nSPS) is 19.1. The van der Waals surface area contributed by atoms with Gasteiger partial charge in [0.15, 0.2) is 11.5 Å². The summed E-state index contributed by atoms with van der Waals surface area (Å²) >= 11 is 6.26. The first-order chi connectivity index (χ1) is 20.6. The Hall–Kier alpha value is -4.98. The molecule has 2 aromatic carbocycles. The van der Waals surface area contributed by atoms with Crippen LogP contribution in [-0.4, -0.2) is 39.7 Å². The van der Waals surface area contributed by atoms with Gasteiger partial charge in [0.05, 0.1) is 29.1 Å². The van der Waals surface area contributed by atoms with E-state index in [0.29, 0.717) is 44.6 Å². The molecule has 0 amide bonds. The Morgan fingerprint density at radius 1 is 1.07 bits per heavy atom. The second-order valence-corrected chi connectivity index (χ2v) is 11.1. The van der Waals surface area contributed by atoms with Crippen LogP contribution < -0.4 is 11.3 Å². The van der Waals surface area contributed by atoms with Gasteiger partial charge in [-0.15, -0.1) is 5.10 Å². The summed E-state index contributed by atoms with van der Waals surface area (Å²) in [6.07, 6.45) is -3.16. The maximum absolute atomic E-state index is 15.4. The molecular formula is C28H18ClF4N9O. The first-order valence-electron chi connectivity index (χ1n) is 13.1. The number of benzene rings is 2. The Balaban J connectivity index is 1.20. The predicted molar refractivity (Wildman–Crippen MR) is 148 cm³/mol. The van der Waals surface area contributed by atoms with Crippen molar-refractivity contribution in [3.63, 3.8) is 0 Å². The summed E-state index contributed by atoms with van der Waals surface area (Å²) in [7, 11) is 0. The molecule has 0 bridgehead atoms. The summed E-state index contributed by atoms with van der Waals surface area (Å²) in [6, 6.07) is 12.4. The number of rotatable bonds is 4. The summed E-state index contributed by atoms with van der Waals surface area (Å²) in [6.45, 7) is 0. The molecular weight excluding hydrogens is 590 g/mol. The molecule has 8 rings (SSSR count). The fourth-order valence-corrected chi connectivity index (χ4v) is 6.29. The molecule has 3 atom stereocenters. The van der Waals surface area contributed by atoms with E-state index in [9.17, 15) is 18.0 Å². The molecule has 0 spiro atoms. The van der Waals surface area contributed by atoms with Crippen molar-refractivity contribution in [2.75, 3.05) is 5.73 Å². The number of anilines is 1. The van der Waals surface area contributed by atoms with Gasteiger partial charge in [-0.25, -0.2) is 9.67 Å². The molecule has 6 aromatic rings. The standard InChI is InChI=1S/C28H18ClF4N9O/c29-13-2-4-19(41-10-21(38-40-41)28(31,32)33)15(8-13)12-6-20-16-9-17(16)24(42(20)22(43)7-12)23-25(30)36-27(35-23)11-1-3-14-18(5-11)37-39-26(14)34/h1-8,10,16-17,24H,9H2,(H,35,36)(H3,34,37,39). The van der Waals surface area contributed by atoms with Crippen LogP contribution in [0.2, 0.25) is 5.02 Å². The van der Waals surface area contributed by atoms with Crippen molar-refractivity contribution in [1.29, 1.82) is 0 Å². The molecule has 10 nitrogen and oxygen atoms in total. The molecule has 4 aromatic heterocycles. The van der Waals surface area contributed by atoms with Crippen molar-refractivity contribution in [3.05, 3.63) is 93.1 Å². The monoisotopic (exact) mass is 607 g/mol. The fraction of sp³-hybridized carbons (Fsp3) is 0.179. The molecule has 0 radical (unpaired) electrons. The van der Waals surface area contributed by atoms with Crippen molar-refractivity contribution in [1.82, 2.24) is 39.7 Å².